The predicted molar refractivity (Wildman–Crippen MR) is 110 cm³/mol. The number of thiazole rings is 1. The van der Waals surface area contributed by atoms with Crippen LogP contribution >= 0.6 is 22.9 Å². The molecule has 2 aromatic carbocycles. The average Bonchev–Trinajstić information content (AvgIpc) is 3.19. The second kappa shape index (κ2) is 7.46. The average molecular weight is 434 g/mol. The van der Waals surface area contributed by atoms with Gasteiger partial charge in [-0.2, -0.15) is 0 Å². The molecular formula is C19H13ClFN3O2S2. The van der Waals surface area contributed by atoms with E-state index >= 15 is 0 Å². The van der Waals surface area contributed by atoms with Crippen LogP contribution in [-0.4, -0.2) is 18.4 Å². The van der Waals surface area contributed by atoms with Gasteiger partial charge in [0.05, 0.1) is 10.4 Å². The molecule has 4 rings (SSSR count). The molecule has 0 saturated carbocycles. The Morgan fingerprint density at radius 2 is 1.89 bits per heavy atom. The third kappa shape index (κ3) is 3.58. The lowest BCUT2D eigenvalue weighted by atomic mass is 10.0. The minimum atomic E-state index is -3.78. The van der Waals surface area contributed by atoms with Crippen molar-refractivity contribution in [2.75, 3.05) is 4.72 Å². The van der Waals surface area contributed by atoms with Crippen molar-refractivity contribution >= 4 is 49.0 Å². The molecule has 0 fully saturated rings. The lowest BCUT2D eigenvalue weighted by Crippen LogP contribution is -2.12. The minimum absolute atomic E-state index is 0.0822. The number of nitrogens with zero attached hydrogens (tertiary/aromatic N) is 2. The van der Waals surface area contributed by atoms with Gasteiger partial charge in [0, 0.05) is 33.7 Å². The maximum atomic E-state index is 12.8. The Balaban J connectivity index is 1.78. The van der Waals surface area contributed by atoms with E-state index in [-0.39, 0.29) is 4.90 Å². The van der Waals surface area contributed by atoms with Gasteiger partial charge in [-0.15, -0.1) is 11.3 Å². The van der Waals surface area contributed by atoms with Crippen LogP contribution in [0.2, 0.25) is 5.02 Å². The van der Waals surface area contributed by atoms with Gasteiger partial charge in [0.1, 0.15) is 6.67 Å². The number of sulfonamides is 1. The SMILES string of the molecule is O=S(=O)(Nc1nccs1)c1ccc2c(-c3ccc(CF)cc3Cl)ccnc2c1. The van der Waals surface area contributed by atoms with Gasteiger partial charge in [-0.1, -0.05) is 29.8 Å². The van der Waals surface area contributed by atoms with Crippen LogP contribution in [0, 0.1) is 0 Å². The van der Waals surface area contributed by atoms with E-state index in [1.165, 1.54) is 29.7 Å². The number of pyridine rings is 1. The van der Waals surface area contributed by atoms with E-state index in [2.05, 4.69) is 14.7 Å². The molecule has 0 atom stereocenters. The second-order valence-corrected chi connectivity index (χ2v) is 8.91. The van der Waals surface area contributed by atoms with Crippen molar-refractivity contribution in [2.24, 2.45) is 0 Å². The number of halogens is 2. The summed E-state index contributed by atoms with van der Waals surface area (Å²) >= 11 is 7.52. The minimum Gasteiger partial charge on any atom is -0.256 e. The number of nitrogens with one attached hydrogen (secondary N) is 1. The van der Waals surface area contributed by atoms with Gasteiger partial charge >= 0.3 is 0 Å². The van der Waals surface area contributed by atoms with Crippen LogP contribution in [0.15, 0.2) is 65.1 Å². The van der Waals surface area contributed by atoms with Crippen LogP contribution in [0.4, 0.5) is 9.52 Å². The summed E-state index contributed by atoms with van der Waals surface area (Å²) in [7, 11) is -3.78. The highest BCUT2D eigenvalue weighted by Crippen LogP contribution is 2.34. The third-order valence-electron chi connectivity index (χ3n) is 4.16. The molecule has 2 aromatic heterocycles. The fourth-order valence-electron chi connectivity index (χ4n) is 2.84. The molecule has 1 N–H and O–H groups in total. The van der Waals surface area contributed by atoms with Crippen LogP contribution in [0.3, 0.4) is 0 Å². The summed E-state index contributed by atoms with van der Waals surface area (Å²) in [5.41, 5.74) is 2.51. The highest BCUT2D eigenvalue weighted by Gasteiger charge is 2.17. The third-order valence-corrected chi connectivity index (χ3v) is 6.62. The molecule has 142 valence electrons. The Bertz CT molecular complexity index is 1260. The molecule has 9 heteroatoms. The van der Waals surface area contributed by atoms with Crippen molar-refractivity contribution in [1.82, 2.24) is 9.97 Å². The number of benzene rings is 2. The molecule has 0 saturated heterocycles. The van der Waals surface area contributed by atoms with E-state index in [4.69, 9.17) is 11.6 Å². The van der Waals surface area contributed by atoms with E-state index in [9.17, 15) is 12.8 Å². The molecule has 0 amide bonds. The van der Waals surface area contributed by atoms with Crippen LogP contribution in [-0.2, 0) is 16.7 Å². The summed E-state index contributed by atoms with van der Waals surface area (Å²) in [6.45, 7) is -0.593. The monoisotopic (exact) mass is 433 g/mol. The smallest absolute Gasteiger partial charge is 0.256 e. The number of hydrogen-bond acceptors (Lipinski definition) is 5. The van der Waals surface area contributed by atoms with Crippen molar-refractivity contribution in [3.8, 4) is 11.1 Å². The van der Waals surface area contributed by atoms with Crippen molar-refractivity contribution in [1.29, 1.82) is 0 Å². The molecule has 0 radical (unpaired) electrons. The van der Waals surface area contributed by atoms with Gasteiger partial charge in [0.2, 0.25) is 0 Å². The Labute approximate surface area is 169 Å². The van der Waals surface area contributed by atoms with Crippen molar-refractivity contribution in [3.63, 3.8) is 0 Å². The summed E-state index contributed by atoms with van der Waals surface area (Å²) in [4.78, 5) is 8.31. The first-order valence-corrected chi connectivity index (χ1v) is 10.9. The summed E-state index contributed by atoms with van der Waals surface area (Å²) in [5.74, 6) is 0. The van der Waals surface area contributed by atoms with E-state index < -0.39 is 16.7 Å². The van der Waals surface area contributed by atoms with Gasteiger partial charge in [0.25, 0.3) is 10.0 Å². The number of hydrogen-bond donors (Lipinski definition) is 1. The highest BCUT2D eigenvalue weighted by atomic mass is 35.5. The maximum absolute atomic E-state index is 12.8. The summed E-state index contributed by atoms with van der Waals surface area (Å²) in [6.07, 6.45) is 3.11. The van der Waals surface area contributed by atoms with E-state index in [0.29, 0.717) is 21.2 Å². The molecule has 0 aliphatic rings. The number of aromatic nitrogens is 2. The van der Waals surface area contributed by atoms with Crippen LogP contribution in [0.25, 0.3) is 22.0 Å². The first kappa shape index (κ1) is 18.8. The predicted octanol–water partition coefficient (Wildman–Crippen LogP) is 5.28. The largest absolute Gasteiger partial charge is 0.263 e. The maximum Gasteiger partial charge on any atom is 0.263 e. The van der Waals surface area contributed by atoms with Crippen LogP contribution in [0.5, 0.6) is 0 Å². The van der Waals surface area contributed by atoms with E-state index in [1.54, 1.807) is 41.9 Å². The van der Waals surface area contributed by atoms with Gasteiger partial charge < -0.3 is 0 Å². The normalized spacial score (nSPS) is 11.6. The summed E-state index contributed by atoms with van der Waals surface area (Å²) in [5, 5.41) is 3.14. The Morgan fingerprint density at radius 1 is 1.04 bits per heavy atom. The lowest BCUT2D eigenvalue weighted by Gasteiger charge is -2.11. The lowest BCUT2D eigenvalue weighted by molar-refractivity contribution is 0.485. The zero-order valence-corrected chi connectivity index (χ0v) is 16.7. The van der Waals surface area contributed by atoms with Crippen molar-refractivity contribution in [3.05, 3.63) is 70.8 Å². The Kier molecular flexibility index (Phi) is 5.01. The fraction of sp³-hybridized carbons (Fsp3) is 0.0526. The second-order valence-electron chi connectivity index (χ2n) is 5.93. The first-order chi connectivity index (χ1) is 13.5. The fourth-order valence-corrected chi connectivity index (χ4v) is 4.95. The molecule has 0 spiro atoms. The van der Waals surface area contributed by atoms with Gasteiger partial charge in [-0.05, 0) is 35.4 Å². The Morgan fingerprint density at radius 3 is 2.61 bits per heavy atom. The molecule has 5 nitrogen and oxygen atoms in total. The molecular weight excluding hydrogens is 421 g/mol. The number of anilines is 1. The number of fused-ring (bicyclic) bond motifs is 1. The molecule has 0 bridgehead atoms. The zero-order chi connectivity index (χ0) is 19.7. The molecule has 0 aliphatic heterocycles. The van der Waals surface area contributed by atoms with Gasteiger partial charge in [-0.3, -0.25) is 9.71 Å². The summed E-state index contributed by atoms with van der Waals surface area (Å²) in [6, 6.07) is 11.5. The van der Waals surface area contributed by atoms with Crippen molar-refractivity contribution < 1.29 is 12.8 Å². The van der Waals surface area contributed by atoms with E-state index in [0.717, 1.165) is 16.5 Å². The van der Waals surface area contributed by atoms with Gasteiger partial charge in [-0.25, -0.2) is 17.8 Å². The molecule has 28 heavy (non-hydrogen) atoms. The van der Waals surface area contributed by atoms with E-state index in [1.807, 2.05) is 0 Å². The topological polar surface area (TPSA) is 72.0 Å². The van der Waals surface area contributed by atoms with Crippen LogP contribution < -0.4 is 4.72 Å². The molecule has 0 unspecified atom stereocenters. The van der Waals surface area contributed by atoms with Crippen LogP contribution in [0.1, 0.15) is 5.56 Å². The Hall–Kier alpha value is -2.55. The quantitative estimate of drug-likeness (QED) is 0.464. The zero-order valence-electron chi connectivity index (χ0n) is 14.3. The molecule has 2 heterocycles. The number of rotatable bonds is 5. The highest BCUT2D eigenvalue weighted by molar-refractivity contribution is 7.93. The first-order valence-electron chi connectivity index (χ1n) is 8.14. The summed E-state index contributed by atoms with van der Waals surface area (Å²) < 4.78 is 40.5. The molecule has 0 aliphatic carbocycles. The number of alkyl halides is 1. The molecule has 4 aromatic rings. The standard InChI is InChI=1S/C19H13ClFN3O2S2/c20-17-9-12(11-21)1-3-15(17)14-5-6-22-18-10-13(2-4-16(14)18)28(25,26)24-19-23-7-8-27-19/h1-10H,11H2,(H,23,24). The van der Waals surface area contributed by atoms with Gasteiger partial charge in [0.15, 0.2) is 5.13 Å². The van der Waals surface area contributed by atoms with Crippen molar-refractivity contribution in [2.45, 2.75) is 11.6 Å².